The molecule has 3 aliphatic rings. The van der Waals surface area contributed by atoms with Gasteiger partial charge in [0.2, 0.25) is 0 Å². The summed E-state index contributed by atoms with van der Waals surface area (Å²) in [6.07, 6.45) is 5.45. The van der Waals surface area contributed by atoms with E-state index in [2.05, 4.69) is 10.3 Å². The predicted molar refractivity (Wildman–Crippen MR) is 133 cm³/mol. The summed E-state index contributed by atoms with van der Waals surface area (Å²) in [6, 6.07) is 11.6. The maximum atomic E-state index is 14.4. The third kappa shape index (κ3) is 3.90. The number of nitrogens with one attached hydrogen (secondary N) is 2. The highest BCUT2D eigenvalue weighted by Crippen LogP contribution is 2.46. The SMILES string of the molecule is Cc1cccc(-c2cc(NC3C4CCC(CC4)C3C(=O)O)nc(-c3c[nH]c4c(F)cc(F)cc34)n2)c1. The number of aromatic amines is 1. The van der Waals surface area contributed by atoms with Crippen LogP contribution < -0.4 is 5.32 Å². The maximum Gasteiger partial charge on any atom is 0.308 e. The van der Waals surface area contributed by atoms with Crippen molar-refractivity contribution in [2.24, 2.45) is 17.8 Å². The third-order valence-electron chi connectivity index (χ3n) is 7.81. The number of rotatable bonds is 5. The summed E-state index contributed by atoms with van der Waals surface area (Å²) in [4.78, 5) is 24.5. The van der Waals surface area contributed by atoms with Crippen LogP contribution in [0.1, 0.15) is 31.2 Å². The molecule has 36 heavy (non-hydrogen) atoms. The van der Waals surface area contributed by atoms with Crippen LogP contribution in [0, 0.1) is 36.3 Å². The van der Waals surface area contributed by atoms with E-state index in [1.165, 1.54) is 6.07 Å². The lowest BCUT2D eigenvalue weighted by Crippen LogP contribution is -2.51. The first-order chi connectivity index (χ1) is 17.4. The Morgan fingerprint density at radius 1 is 1.06 bits per heavy atom. The molecule has 0 amide bonds. The number of carbonyl (C=O) groups is 1. The Labute approximate surface area is 206 Å². The summed E-state index contributed by atoms with van der Waals surface area (Å²) in [6.45, 7) is 1.99. The zero-order valence-corrected chi connectivity index (χ0v) is 19.8. The Bertz CT molecular complexity index is 1480. The highest BCUT2D eigenvalue weighted by molar-refractivity contribution is 5.94. The fraction of sp³-hybridized carbons (Fsp3) is 0.321. The van der Waals surface area contributed by atoms with Gasteiger partial charge >= 0.3 is 5.97 Å². The van der Waals surface area contributed by atoms with Crippen molar-refractivity contribution in [1.29, 1.82) is 0 Å². The number of benzene rings is 2. The van der Waals surface area contributed by atoms with E-state index in [1.807, 2.05) is 37.3 Å². The number of aryl methyl sites for hydroxylation is 1. The molecule has 7 rings (SSSR count). The van der Waals surface area contributed by atoms with Gasteiger partial charge in [0.15, 0.2) is 5.82 Å². The molecule has 8 heteroatoms. The molecular weight excluding hydrogens is 462 g/mol. The van der Waals surface area contributed by atoms with E-state index in [0.29, 0.717) is 28.3 Å². The first-order valence-electron chi connectivity index (χ1n) is 12.3. The molecule has 6 nitrogen and oxygen atoms in total. The summed E-state index contributed by atoms with van der Waals surface area (Å²) >= 11 is 0. The Kier molecular flexibility index (Phi) is 5.47. The number of aromatic nitrogens is 3. The largest absolute Gasteiger partial charge is 0.481 e. The molecule has 3 N–H and O–H groups in total. The molecule has 2 unspecified atom stereocenters. The van der Waals surface area contributed by atoms with Gasteiger partial charge in [-0.15, -0.1) is 0 Å². The predicted octanol–water partition coefficient (Wildman–Crippen LogP) is 6.18. The number of nitrogens with zero attached hydrogens (tertiary/aromatic N) is 2. The Morgan fingerprint density at radius 2 is 1.83 bits per heavy atom. The molecule has 0 spiro atoms. The van der Waals surface area contributed by atoms with Gasteiger partial charge in [-0.2, -0.15) is 0 Å². The molecule has 2 heterocycles. The number of carboxylic acid groups (broad SMARTS) is 1. The number of H-pyrrole nitrogens is 1. The van der Waals surface area contributed by atoms with Gasteiger partial charge in [0.25, 0.3) is 0 Å². The first-order valence-corrected chi connectivity index (χ1v) is 12.3. The van der Waals surface area contributed by atoms with Crippen molar-refractivity contribution < 1.29 is 18.7 Å². The van der Waals surface area contributed by atoms with Crippen LogP contribution in [-0.4, -0.2) is 32.1 Å². The van der Waals surface area contributed by atoms with Crippen LogP contribution in [0.3, 0.4) is 0 Å². The second-order valence-electron chi connectivity index (χ2n) is 10.1. The number of halogens is 2. The number of anilines is 1. The summed E-state index contributed by atoms with van der Waals surface area (Å²) < 4.78 is 28.5. The number of aliphatic carboxylic acids is 1. The molecule has 2 aromatic heterocycles. The second-order valence-corrected chi connectivity index (χ2v) is 10.1. The van der Waals surface area contributed by atoms with Crippen molar-refractivity contribution in [1.82, 2.24) is 15.0 Å². The van der Waals surface area contributed by atoms with Gasteiger partial charge in [-0.05, 0) is 56.6 Å². The van der Waals surface area contributed by atoms with Crippen molar-refractivity contribution in [3.05, 3.63) is 65.9 Å². The van der Waals surface area contributed by atoms with Crippen molar-refractivity contribution in [2.45, 2.75) is 38.6 Å². The molecule has 3 saturated carbocycles. The molecule has 3 fully saturated rings. The van der Waals surface area contributed by atoms with E-state index in [4.69, 9.17) is 9.97 Å². The molecule has 0 aliphatic heterocycles. The molecule has 2 aromatic carbocycles. The highest BCUT2D eigenvalue weighted by Gasteiger charge is 2.47. The Hall–Kier alpha value is -3.81. The van der Waals surface area contributed by atoms with E-state index in [0.717, 1.165) is 42.9 Å². The molecule has 184 valence electrons. The van der Waals surface area contributed by atoms with Gasteiger partial charge in [-0.25, -0.2) is 18.7 Å². The Morgan fingerprint density at radius 3 is 2.58 bits per heavy atom. The monoisotopic (exact) mass is 488 g/mol. The van der Waals surface area contributed by atoms with Crippen LogP contribution in [0.15, 0.2) is 48.7 Å². The third-order valence-corrected chi connectivity index (χ3v) is 7.81. The molecule has 2 atom stereocenters. The van der Waals surface area contributed by atoms with E-state index in [9.17, 15) is 18.7 Å². The standard InChI is InChI=1S/C28H26F2N4O2/c1-14-3-2-4-17(9-14)22-12-23(33-25-16-7-5-15(6-8-16)24(25)28(35)36)34-27(32-22)20-13-31-26-19(20)10-18(29)11-21(26)30/h2-4,9-13,15-16,24-25,31H,5-8H2,1H3,(H,35,36)(H,32,33,34). The fourth-order valence-electron chi connectivity index (χ4n) is 6.12. The van der Waals surface area contributed by atoms with Crippen molar-refractivity contribution in [3.8, 4) is 22.6 Å². The van der Waals surface area contributed by atoms with Gasteiger partial charge in [0, 0.05) is 40.9 Å². The minimum Gasteiger partial charge on any atom is -0.481 e. The molecule has 3 aliphatic carbocycles. The van der Waals surface area contributed by atoms with Crippen LogP contribution in [0.25, 0.3) is 33.5 Å². The van der Waals surface area contributed by atoms with Crippen LogP contribution in [0.2, 0.25) is 0 Å². The fourth-order valence-corrected chi connectivity index (χ4v) is 6.12. The average molecular weight is 489 g/mol. The van der Waals surface area contributed by atoms with Gasteiger partial charge < -0.3 is 15.4 Å². The van der Waals surface area contributed by atoms with Crippen molar-refractivity contribution in [2.75, 3.05) is 5.32 Å². The summed E-state index contributed by atoms with van der Waals surface area (Å²) in [5.41, 5.74) is 3.24. The van der Waals surface area contributed by atoms with Crippen molar-refractivity contribution >= 4 is 22.7 Å². The van der Waals surface area contributed by atoms with Gasteiger partial charge in [0.05, 0.1) is 17.1 Å². The summed E-state index contributed by atoms with van der Waals surface area (Å²) in [5, 5.41) is 13.8. The number of carboxylic acids is 1. The Balaban J connectivity index is 1.48. The number of hydrogen-bond acceptors (Lipinski definition) is 4. The zero-order chi connectivity index (χ0) is 25.0. The quantitative estimate of drug-likeness (QED) is 0.312. The smallest absolute Gasteiger partial charge is 0.308 e. The summed E-state index contributed by atoms with van der Waals surface area (Å²) in [5.74, 6) is -1.40. The minimum atomic E-state index is -0.780. The minimum absolute atomic E-state index is 0.155. The van der Waals surface area contributed by atoms with Crippen molar-refractivity contribution in [3.63, 3.8) is 0 Å². The van der Waals surface area contributed by atoms with Gasteiger partial charge in [0.1, 0.15) is 17.5 Å². The molecule has 4 aromatic rings. The van der Waals surface area contributed by atoms with E-state index in [1.54, 1.807) is 6.20 Å². The van der Waals surface area contributed by atoms with Gasteiger partial charge in [-0.1, -0.05) is 23.8 Å². The van der Waals surface area contributed by atoms with Crippen LogP contribution in [-0.2, 0) is 4.79 Å². The summed E-state index contributed by atoms with van der Waals surface area (Å²) in [7, 11) is 0. The zero-order valence-electron chi connectivity index (χ0n) is 19.8. The molecule has 0 saturated heterocycles. The van der Waals surface area contributed by atoms with Gasteiger partial charge in [-0.3, -0.25) is 4.79 Å². The first kappa shape index (κ1) is 22.6. The number of hydrogen-bond donors (Lipinski definition) is 3. The lowest BCUT2D eigenvalue weighted by atomic mass is 9.61. The highest BCUT2D eigenvalue weighted by atomic mass is 19.1. The van der Waals surface area contributed by atoms with Crippen LogP contribution >= 0.6 is 0 Å². The lowest BCUT2D eigenvalue weighted by Gasteiger charge is -2.47. The van der Waals surface area contributed by atoms with E-state index >= 15 is 0 Å². The maximum absolute atomic E-state index is 14.4. The molecular formula is C28H26F2N4O2. The van der Waals surface area contributed by atoms with E-state index in [-0.39, 0.29) is 23.4 Å². The topological polar surface area (TPSA) is 90.9 Å². The molecule has 0 radical (unpaired) electrons. The second kappa shape index (κ2) is 8.69. The van der Waals surface area contributed by atoms with E-state index < -0.39 is 23.5 Å². The molecule has 2 bridgehead atoms. The van der Waals surface area contributed by atoms with Crippen LogP contribution in [0.5, 0.6) is 0 Å². The lowest BCUT2D eigenvalue weighted by molar-refractivity contribution is -0.148. The average Bonchev–Trinajstić information content (AvgIpc) is 3.28. The number of fused-ring (bicyclic) bond motifs is 4. The normalized spacial score (nSPS) is 23.2. The van der Waals surface area contributed by atoms with Crippen LogP contribution in [0.4, 0.5) is 14.6 Å².